The molecule has 8 nitrogen and oxygen atoms in total. The molecule has 0 spiro atoms. The van der Waals surface area contributed by atoms with Crippen LogP contribution in [0.25, 0.3) is 6.08 Å². The van der Waals surface area contributed by atoms with Crippen LogP contribution in [-0.4, -0.2) is 46.4 Å². The molecule has 2 N–H and O–H groups in total. The van der Waals surface area contributed by atoms with Gasteiger partial charge in [0.25, 0.3) is 0 Å². The summed E-state index contributed by atoms with van der Waals surface area (Å²) in [7, 11) is -3.38. The van der Waals surface area contributed by atoms with Crippen LogP contribution in [0, 0.1) is 0 Å². The van der Waals surface area contributed by atoms with E-state index >= 15 is 0 Å². The summed E-state index contributed by atoms with van der Waals surface area (Å²) in [6.07, 6.45) is 0.340. The highest BCUT2D eigenvalue weighted by atomic mass is 31.2. The summed E-state index contributed by atoms with van der Waals surface area (Å²) >= 11 is 0. The maximum atomic E-state index is 12.6. The number of benzene rings is 1. The lowest BCUT2D eigenvalue weighted by molar-refractivity contribution is -0.143. The first-order valence-electron chi connectivity index (χ1n) is 8.22. The maximum Gasteiger partial charge on any atom is 0.408 e. The lowest BCUT2D eigenvalue weighted by Crippen LogP contribution is -2.48. The second kappa shape index (κ2) is 8.49. The molecule has 1 amide bonds. The molecule has 1 heterocycles. The van der Waals surface area contributed by atoms with Gasteiger partial charge >= 0.3 is 19.7 Å². The van der Waals surface area contributed by atoms with Crippen molar-refractivity contribution in [2.75, 3.05) is 13.2 Å². The smallest absolute Gasteiger partial charge is 0.408 e. The van der Waals surface area contributed by atoms with Crippen molar-refractivity contribution >= 4 is 25.7 Å². The van der Waals surface area contributed by atoms with Gasteiger partial charge in [-0.15, -0.1) is 0 Å². The van der Waals surface area contributed by atoms with E-state index in [1.807, 2.05) is 0 Å². The number of carboxylic acid groups (broad SMARTS) is 2. The minimum atomic E-state index is -3.38. The summed E-state index contributed by atoms with van der Waals surface area (Å²) in [5, 5.41) is 18.6. The van der Waals surface area contributed by atoms with E-state index in [9.17, 15) is 24.4 Å². The third-order valence-corrected chi connectivity index (χ3v) is 5.76. The molecule has 1 atom stereocenters. The van der Waals surface area contributed by atoms with Gasteiger partial charge in [-0.05, 0) is 36.6 Å². The fraction of sp³-hybridized carbons (Fsp3) is 0.412. The molecule has 1 aliphatic rings. The zero-order valence-electron chi connectivity index (χ0n) is 14.6. The summed E-state index contributed by atoms with van der Waals surface area (Å²) in [5.74, 6) is 0.153. The molecule has 0 saturated heterocycles. The Morgan fingerprint density at radius 2 is 1.92 bits per heavy atom. The second-order valence-electron chi connectivity index (χ2n) is 5.64. The van der Waals surface area contributed by atoms with Crippen LogP contribution < -0.4 is 0 Å². The molecular weight excluding hydrogens is 361 g/mol. The van der Waals surface area contributed by atoms with E-state index in [2.05, 4.69) is 0 Å². The number of rotatable bonds is 7. The fourth-order valence-electron chi connectivity index (χ4n) is 2.88. The highest BCUT2D eigenvalue weighted by molar-refractivity contribution is 7.57. The zero-order chi connectivity index (χ0) is 19.3. The summed E-state index contributed by atoms with van der Waals surface area (Å²) in [4.78, 5) is 23.7. The Balaban J connectivity index is 2.38. The molecule has 0 aliphatic carbocycles. The molecule has 0 aromatic heterocycles. The standard InChI is InChI=1S/C17H22NO7P/c1-3-24-26(23,25-4-2)9-8-12-6-5-7-13-11-18(17(21)22)15(16(19)20)10-14(12)13/h5-9,15H,3-4,10-11H2,1-2H3,(H,19,20)(H,21,22)/b9-8+. The fourth-order valence-corrected chi connectivity index (χ4v) is 4.19. The highest BCUT2D eigenvalue weighted by Crippen LogP contribution is 2.50. The minimum absolute atomic E-state index is 0.0160. The molecule has 0 radical (unpaired) electrons. The van der Waals surface area contributed by atoms with Crippen molar-refractivity contribution in [1.82, 2.24) is 4.90 Å². The SMILES string of the molecule is CCOP(=O)(/C=C/c1cccc2c1CC(C(=O)O)N(C(=O)O)C2)OCC. The van der Waals surface area contributed by atoms with E-state index in [-0.39, 0.29) is 26.2 Å². The summed E-state index contributed by atoms with van der Waals surface area (Å²) in [5.41, 5.74) is 2.10. The number of hydrogen-bond donors (Lipinski definition) is 2. The van der Waals surface area contributed by atoms with Gasteiger partial charge in [0.15, 0.2) is 0 Å². The molecule has 2 rings (SSSR count). The number of fused-ring (bicyclic) bond motifs is 1. The highest BCUT2D eigenvalue weighted by Gasteiger charge is 2.35. The van der Waals surface area contributed by atoms with E-state index in [0.29, 0.717) is 11.1 Å². The van der Waals surface area contributed by atoms with Crippen molar-refractivity contribution < 1.29 is 33.4 Å². The van der Waals surface area contributed by atoms with Crippen LogP contribution in [0.15, 0.2) is 24.0 Å². The first-order valence-corrected chi connectivity index (χ1v) is 9.83. The van der Waals surface area contributed by atoms with Crippen molar-refractivity contribution in [1.29, 1.82) is 0 Å². The largest absolute Gasteiger partial charge is 0.480 e. The molecule has 1 aliphatic heterocycles. The Morgan fingerprint density at radius 3 is 2.46 bits per heavy atom. The Kier molecular flexibility index (Phi) is 6.58. The summed E-state index contributed by atoms with van der Waals surface area (Å²) < 4.78 is 23.0. The molecule has 142 valence electrons. The maximum absolute atomic E-state index is 12.6. The van der Waals surface area contributed by atoms with E-state index in [0.717, 1.165) is 10.5 Å². The molecule has 0 fully saturated rings. The molecule has 0 saturated carbocycles. The minimum Gasteiger partial charge on any atom is -0.480 e. The van der Waals surface area contributed by atoms with E-state index in [1.165, 1.54) is 5.82 Å². The molecule has 26 heavy (non-hydrogen) atoms. The lowest BCUT2D eigenvalue weighted by Gasteiger charge is -2.33. The van der Waals surface area contributed by atoms with E-state index < -0.39 is 25.7 Å². The Bertz CT molecular complexity index is 751. The van der Waals surface area contributed by atoms with Gasteiger partial charge in [0.05, 0.1) is 19.8 Å². The average molecular weight is 383 g/mol. The Morgan fingerprint density at radius 1 is 1.27 bits per heavy atom. The zero-order valence-corrected chi connectivity index (χ0v) is 15.5. The average Bonchev–Trinajstić information content (AvgIpc) is 2.59. The van der Waals surface area contributed by atoms with Crippen LogP contribution in [-0.2, 0) is 31.4 Å². The quantitative estimate of drug-likeness (QED) is 0.694. The van der Waals surface area contributed by atoms with Crippen LogP contribution in [0.1, 0.15) is 30.5 Å². The van der Waals surface area contributed by atoms with Gasteiger partial charge in [-0.1, -0.05) is 18.2 Å². The van der Waals surface area contributed by atoms with Crippen molar-refractivity contribution in [3.8, 4) is 0 Å². The van der Waals surface area contributed by atoms with Crippen LogP contribution in [0.4, 0.5) is 4.79 Å². The number of aliphatic carboxylic acids is 1. The van der Waals surface area contributed by atoms with Crippen molar-refractivity contribution in [2.45, 2.75) is 32.9 Å². The van der Waals surface area contributed by atoms with Gasteiger partial charge < -0.3 is 19.3 Å². The number of nitrogens with zero attached hydrogens (tertiary/aromatic N) is 1. The molecule has 9 heteroatoms. The third kappa shape index (κ3) is 4.52. The van der Waals surface area contributed by atoms with Gasteiger partial charge in [0.2, 0.25) is 0 Å². The molecule has 0 bridgehead atoms. The van der Waals surface area contributed by atoms with Crippen LogP contribution in [0.3, 0.4) is 0 Å². The number of amides is 1. The number of hydrogen-bond acceptors (Lipinski definition) is 5. The second-order valence-corrected chi connectivity index (χ2v) is 7.54. The molecule has 1 unspecified atom stereocenters. The van der Waals surface area contributed by atoms with Gasteiger partial charge in [-0.3, -0.25) is 9.46 Å². The predicted octanol–water partition coefficient (Wildman–Crippen LogP) is 3.41. The lowest BCUT2D eigenvalue weighted by atomic mass is 9.90. The van der Waals surface area contributed by atoms with Gasteiger partial charge in [0.1, 0.15) is 6.04 Å². The van der Waals surface area contributed by atoms with E-state index in [1.54, 1.807) is 38.1 Å². The Labute approximate surface area is 151 Å². The summed E-state index contributed by atoms with van der Waals surface area (Å²) in [6, 6.07) is 4.09. The first-order chi connectivity index (χ1) is 12.3. The normalized spacial score (nSPS) is 17.3. The Hall–Kier alpha value is -2.15. The van der Waals surface area contributed by atoms with Crippen molar-refractivity contribution in [3.05, 3.63) is 40.7 Å². The van der Waals surface area contributed by atoms with Crippen LogP contribution >= 0.6 is 7.60 Å². The first kappa shape index (κ1) is 20.2. The molecule has 1 aromatic rings. The number of carbonyl (C=O) groups is 2. The van der Waals surface area contributed by atoms with E-state index in [4.69, 9.17) is 9.05 Å². The third-order valence-electron chi connectivity index (χ3n) is 4.01. The van der Waals surface area contributed by atoms with Gasteiger partial charge in [-0.25, -0.2) is 9.59 Å². The van der Waals surface area contributed by atoms with Crippen molar-refractivity contribution in [2.24, 2.45) is 0 Å². The predicted molar refractivity (Wildman–Crippen MR) is 95.0 cm³/mol. The number of carboxylic acids is 1. The molecular formula is C17H22NO7P. The van der Waals surface area contributed by atoms with Crippen LogP contribution in [0.5, 0.6) is 0 Å². The van der Waals surface area contributed by atoms with Crippen LogP contribution in [0.2, 0.25) is 0 Å². The molecule has 1 aromatic carbocycles. The van der Waals surface area contributed by atoms with Crippen molar-refractivity contribution in [3.63, 3.8) is 0 Å². The summed E-state index contributed by atoms with van der Waals surface area (Å²) in [6.45, 7) is 3.86. The van der Waals surface area contributed by atoms with Gasteiger partial charge in [-0.2, -0.15) is 0 Å². The monoisotopic (exact) mass is 383 g/mol. The topological polar surface area (TPSA) is 113 Å². The van der Waals surface area contributed by atoms with Gasteiger partial charge in [0, 0.05) is 12.2 Å².